The van der Waals surface area contributed by atoms with E-state index in [9.17, 15) is 39.3 Å². The number of aliphatic hydroxyl groups excluding tert-OH is 4. The smallest absolute Gasteiger partial charge is 0.310 e. The van der Waals surface area contributed by atoms with Crippen LogP contribution >= 0.6 is 106 Å². The minimum Gasteiger partial charge on any atom is -0.463 e. The lowest BCUT2D eigenvalue weighted by Gasteiger charge is -2.30. The topological polar surface area (TPSA) is 262 Å². The maximum atomic E-state index is 13.5. The fourth-order valence-electron chi connectivity index (χ4n) is 11.1. The maximum absolute atomic E-state index is 13.5. The molecule has 6 aromatic carbocycles. The van der Waals surface area contributed by atoms with Crippen LogP contribution in [0.15, 0.2) is 109 Å². The highest BCUT2D eigenvalue weighted by atomic mass is 35.5. The molecule has 528 valence electrons. The van der Waals surface area contributed by atoms with Crippen molar-refractivity contribution in [3.63, 3.8) is 0 Å². The third-order valence-corrected chi connectivity index (χ3v) is 19.4. The predicted molar refractivity (Wildman–Crippen MR) is 401 cm³/mol. The zero-order chi connectivity index (χ0) is 74.7. The van der Waals surface area contributed by atoms with Crippen molar-refractivity contribution in [2.24, 2.45) is 0 Å². The van der Waals surface area contributed by atoms with E-state index < -0.39 is 72.0 Å². The number of carbonyl (C=O) groups excluding carboxylic acids is 5. The highest BCUT2D eigenvalue weighted by Gasteiger charge is 2.53. The van der Waals surface area contributed by atoms with Gasteiger partial charge in [0, 0.05) is 42.2 Å². The molecule has 0 aromatic heterocycles. The van der Waals surface area contributed by atoms with E-state index in [2.05, 4.69) is 14.5 Å². The largest absolute Gasteiger partial charge is 0.463 e. The molecule has 3 amide bonds. The van der Waals surface area contributed by atoms with Crippen molar-refractivity contribution in [1.29, 1.82) is 0 Å². The number of nitrogen functional groups attached to an aromatic ring is 1. The van der Waals surface area contributed by atoms with E-state index in [0.717, 1.165) is 0 Å². The molecule has 6 aromatic rings. The number of amides is 3. The number of thiocarbonyl (C=S) groups is 3. The van der Waals surface area contributed by atoms with Gasteiger partial charge in [0.15, 0.2) is 21.1 Å². The van der Waals surface area contributed by atoms with Gasteiger partial charge in [-0.3, -0.25) is 38.7 Å². The van der Waals surface area contributed by atoms with E-state index in [1.165, 1.54) is 39.0 Å². The first kappa shape index (κ1) is 78.8. The molecule has 4 heterocycles. The molecule has 0 bridgehead atoms. The van der Waals surface area contributed by atoms with Gasteiger partial charge in [-0.15, -0.1) is 0 Å². The molecule has 4 aliphatic heterocycles. The summed E-state index contributed by atoms with van der Waals surface area (Å²) < 4.78 is 21.7. The number of aliphatic hydroxyl groups is 4. The summed E-state index contributed by atoms with van der Waals surface area (Å²) in [5.74, 6) is -2.95. The van der Waals surface area contributed by atoms with Crippen LogP contribution < -0.4 is 35.1 Å². The van der Waals surface area contributed by atoms with Crippen LogP contribution in [0.25, 0.3) is 14.5 Å². The molecule has 0 aliphatic carbocycles. The lowest BCUT2D eigenvalue weighted by atomic mass is 10.0. The number of nitrogens with two attached hydrogens (primary N) is 1. The third kappa shape index (κ3) is 16.6. The van der Waals surface area contributed by atoms with Crippen molar-refractivity contribution in [2.45, 2.75) is 115 Å². The Morgan fingerprint density at radius 1 is 0.505 bits per heavy atom. The quantitative estimate of drug-likeness (QED) is 0.0246. The Bertz CT molecular complexity index is 4490. The number of rotatable bonds is 17. The molecule has 0 unspecified atom stereocenters. The fraction of sp³-hybridized carbons (Fsp3) is 0.319. The molecule has 10 rings (SSSR count). The Hall–Kier alpha value is -7.89. The molecule has 4 fully saturated rings. The van der Waals surface area contributed by atoms with Gasteiger partial charge in [-0.25, -0.2) is 14.5 Å². The van der Waals surface area contributed by atoms with Gasteiger partial charge in [-0.1, -0.05) is 87.8 Å². The van der Waals surface area contributed by atoms with E-state index in [4.69, 9.17) is 156 Å². The number of hydrogen-bond acceptors (Lipinski definition) is 17. The summed E-state index contributed by atoms with van der Waals surface area (Å²) >= 11 is 54.2. The zero-order valence-corrected chi connectivity index (χ0v) is 62.0. The Morgan fingerprint density at radius 3 is 1.18 bits per heavy atom. The number of halogens is 6. The standard InChI is InChI=1S/C27H27Cl2N3O6S.C24H23Cl2N3O6S.C18H14Cl2N4OS/c1-26(2)24(35)31(16-7-9-20(30-5)19(29)12-16)25(39)32(26)17-6-8-18(28)15(10-17)11-23(34)36-14-22-21(13-33)37-27(3,4)38-22;1-24(2)22(34)28(14-5-7-18(27-3)17(26)10-14)23(36)29(24)15-4-6-16(25)13(8-15)9-21(33)35-12-20(32)19(31)11-30;1-18(2)16(25)23(10-5-7-15(22-3)13(20)8-10)17(26)24(18)11-4-6-12(19)14(21)9-11/h6-10,12,21-22,33H,11,13-14H2,1-4H3;4-8,10,19-20,30-32H,9,11-12H2,1-2H3;4-9H,21H2,1-2H3/t21-,22-;19-,20-;/m11./s1. The second-order valence-corrected chi connectivity index (χ2v) is 28.4. The number of ether oxygens (including phenoxy) is 4. The molecular formula is C69H64Cl6N10O13S3. The highest BCUT2D eigenvalue weighted by molar-refractivity contribution is 7.81. The molecule has 6 N–H and O–H groups in total. The van der Waals surface area contributed by atoms with Gasteiger partial charge < -0.3 is 59.8 Å². The summed E-state index contributed by atoms with van der Waals surface area (Å²) in [5.41, 5.74) is 8.03. The average Bonchev–Trinajstić information content (AvgIpc) is 1.60. The van der Waals surface area contributed by atoms with Gasteiger partial charge in [0.1, 0.15) is 54.2 Å². The molecular weight excluding hydrogens is 1490 g/mol. The Balaban J connectivity index is 0.000000196. The Morgan fingerprint density at radius 2 is 0.842 bits per heavy atom. The summed E-state index contributed by atoms with van der Waals surface area (Å²) in [6.45, 7) is 33.8. The van der Waals surface area contributed by atoms with Crippen molar-refractivity contribution in [3.8, 4) is 0 Å². The third-order valence-electron chi connectivity index (χ3n) is 16.3. The van der Waals surface area contributed by atoms with Crippen LogP contribution in [-0.4, -0.2) is 139 Å². The van der Waals surface area contributed by atoms with Crippen LogP contribution in [0.1, 0.15) is 66.5 Å². The van der Waals surface area contributed by atoms with E-state index in [-0.39, 0.29) is 85.5 Å². The fourth-order valence-corrected chi connectivity index (χ4v) is 13.8. The Kier molecular flexibility index (Phi) is 24.8. The highest BCUT2D eigenvalue weighted by Crippen LogP contribution is 2.44. The van der Waals surface area contributed by atoms with Gasteiger partial charge in [-0.05, 0) is 194 Å². The summed E-state index contributed by atoms with van der Waals surface area (Å²) in [5, 5.41) is 39.8. The van der Waals surface area contributed by atoms with Crippen LogP contribution in [0, 0.1) is 19.7 Å². The number of nitrogens with zero attached hydrogens (tertiary/aromatic N) is 9. The van der Waals surface area contributed by atoms with Crippen molar-refractivity contribution in [2.75, 3.05) is 61.6 Å². The first-order chi connectivity index (χ1) is 47.4. The van der Waals surface area contributed by atoms with Gasteiger partial charge in [0.25, 0.3) is 17.7 Å². The van der Waals surface area contributed by atoms with Crippen LogP contribution in [0.3, 0.4) is 0 Å². The molecule has 4 saturated heterocycles. The first-order valence-corrected chi connectivity index (χ1v) is 33.8. The molecule has 0 spiro atoms. The van der Waals surface area contributed by atoms with E-state index in [0.29, 0.717) is 71.8 Å². The Labute approximate surface area is 628 Å². The lowest BCUT2D eigenvalue weighted by molar-refractivity contribution is -0.160. The van der Waals surface area contributed by atoms with Crippen LogP contribution in [-0.2, 0) is 55.8 Å². The second kappa shape index (κ2) is 31.8. The van der Waals surface area contributed by atoms with Crippen molar-refractivity contribution in [1.82, 2.24) is 0 Å². The van der Waals surface area contributed by atoms with E-state index in [1.807, 2.05) is 0 Å². The molecule has 23 nitrogen and oxygen atoms in total. The number of carbonyl (C=O) groups is 5. The zero-order valence-electron chi connectivity index (χ0n) is 55.0. The summed E-state index contributed by atoms with van der Waals surface area (Å²) in [7, 11) is 0. The van der Waals surface area contributed by atoms with Crippen LogP contribution in [0.5, 0.6) is 0 Å². The predicted octanol–water partition coefficient (Wildman–Crippen LogP) is 13.4. The number of anilines is 7. The van der Waals surface area contributed by atoms with Gasteiger partial charge >= 0.3 is 11.9 Å². The second-order valence-electron chi connectivity index (χ2n) is 24.9. The number of hydrogen-bond donors (Lipinski definition) is 5. The summed E-state index contributed by atoms with van der Waals surface area (Å²) in [6.07, 6.45) is -4.46. The van der Waals surface area contributed by atoms with Gasteiger partial charge in [-0.2, -0.15) is 0 Å². The normalized spacial score (nSPS) is 18.5. The lowest BCUT2D eigenvalue weighted by Crippen LogP contribution is -2.44. The first-order valence-electron chi connectivity index (χ1n) is 30.3. The molecule has 0 radical (unpaired) electrons. The van der Waals surface area contributed by atoms with E-state index in [1.54, 1.807) is 155 Å². The van der Waals surface area contributed by atoms with Crippen LogP contribution in [0.4, 0.5) is 56.9 Å². The number of benzene rings is 6. The molecule has 0 saturated carbocycles. The molecule has 32 heteroatoms. The van der Waals surface area contributed by atoms with Gasteiger partial charge in [0.2, 0.25) is 17.1 Å². The molecule has 4 aliphatic rings. The minimum atomic E-state index is -1.43. The molecule has 101 heavy (non-hydrogen) atoms. The molecule has 4 atom stereocenters. The van der Waals surface area contributed by atoms with Crippen molar-refractivity contribution >= 4 is 208 Å². The summed E-state index contributed by atoms with van der Waals surface area (Å²) in [4.78, 5) is 84.1. The van der Waals surface area contributed by atoms with Crippen LogP contribution in [0.2, 0.25) is 30.1 Å². The summed E-state index contributed by atoms with van der Waals surface area (Å²) in [6, 6.07) is 29.1. The average molecular weight is 1550 g/mol. The van der Waals surface area contributed by atoms with E-state index >= 15 is 0 Å². The number of esters is 2. The monoisotopic (exact) mass is 1550 g/mol. The minimum absolute atomic E-state index is 0.0909. The van der Waals surface area contributed by atoms with Gasteiger partial charge in [0.05, 0.1) is 73.5 Å². The maximum Gasteiger partial charge on any atom is 0.310 e. The van der Waals surface area contributed by atoms with Crippen molar-refractivity contribution < 1.29 is 63.3 Å². The SMILES string of the molecule is [C-]#[N+]c1ccc(N2C(=O)C(C)(C)N(c3ccc(Cl)c(CC(=O)OC[C@@H](O)[C@H](O)CO)c3)C2=S)cc1Cl.[C-]#[N+]c1ccc(N2C(=O)C(C)(C)N(c3ccc(Cl)c(CC(=O)OC[C@H]4OC(C)(C)O[C@@H]4CO)c3)C2=S)cc1Cl.[C-]#[N+]c1ccc(N2C(=O)C(C)(C)N(c3ccc(Cl)c(N)c3)C2=S)cc1Cl. The van der Waals surface area contributed by atoms with Crippen molar-refractivity contribution in [3.05, 3.63) is 185 Å².